The Labute approximate surface area is 369 Å². The number of cyclic esters (lactones) is 1. The lowest BCUT2D eigenvalue weighted by atomic mass is 9.84. The molecule has 2 N–H and O–H groups in total. The molecule has 8 rings (SSSR count). The normalized spacial score (nSPS) is 27.2. The van der Waals surface area contributed by atoms with Crippen LogP contribution in [0.2, 0.25) is 0 Å². The number of nitrogens with one attached hydrogen (secondary N) is 2. The quantitative estimate of drug-likeness (QED) is 0.163. The van der Waals surface area contributed by atoms with Crippen molar-refractivity contribution in [3.8, 4) is 22.5 Å². The SMILES string of the molecule is CCn1c(-c2cccnc2[C@H](C)OC)c2c3cc(ccc31)-c1csc(n1)[C@@H](OCCN1CC[C@@H](OC)C1)[C@H](NC(=O)[C@H]1[C@H](C)[C@@H]1C)C(=O)N1CCC[C@H](N1)C(=O)OCC(C)(C)C2. The van der Waals surface area contributed by atoms with Gasteiger partial charge in [0.2, 0.25) is 5.91 Å². The summed E-state index contributed by atoms with van der Waals surface area (Å²) in [7, 11) is 3.44. The molecule has 2 saturated heterocycles. The van der Waals surface area contributed by atoms with E-state index < -0.39 is 29.6 Å². The highest BCUT2D eigenvalue weighted by atomic mass is 32.1. The third kappa shape index (κ3) is 8.94. The molecule has 0 unspecified atom stereocenters. The number of fused-ring (bicyclic) bond motifs is 6. The molecule has 334 valence electrons. The van der Waals surface area contributed by atoms with Crippen LogP contribution in [-0.4, -0.2) is 114 Å². The Bertz CT molecular complexity index is 2270. The van der Waals surface area contributed by atoms with Gasteiger partial charge in [-0.05, 0) is 81.2 Å². The molecule has 1 aromatic carbocycles. The number of hydrazine groups is 1. The van der Waals surface area contributed by atoms with Gasteiger partial charge in [-0.3, -0.25) is 29.3 Å². The van der Waals surface area contributed by atoms with Gasteiger partial charge < -0.3 is 28.8 Å². The Morgan fingerprint density at radius 2 is 1.94 bits per heavy atom. The standard InChI is InChI=1S/C47H63N7O7S/c1-9-53-37-15-14-30-22-33(37)34(41(53)32-12-10-17-48-39(32)29(4)58-7)23-47(5,6)26-61-46(57)35-13-11-18-54(51-35)45(56)40(50-43(55)38-27(2)28(38)3)42(44-49-36(30)25-62-44)60-21-20-52-19-16-31(24-52)59-8/h10,12,14-15,17,22,25,27-29,31,35,38,40,42,51H,9,11,13,16,18-21,23-24,26H2,1-8H3,(H,50,55)/t27-,28+,29-,31+,35-,38+,40-,42-/m0/s1. The number of esters is 1. The first-order valence-electron chi connectivity index (χ1n) is 22.3. The second kappa shape index (κ2) is 18.5. The zero-order valence-electron chi connectivity index (χ0n) is 37.4. The van der Waals surface area contributed by atoms with E-state index in [0.29, 0.717) is 50.5 Å². The molecule has 6 bridgehead atoms. The van der Waals surface area contributed by atoms with Crippen LogP contribution in [0.3, 0.4) is 0 Å². The van der Waals surface area contributed by atoms with Crippen molar-refractivity contribution < 1.29 is 33.3 Å². The minimum absolute atomic E-state index is 0.161. The van der Waals surface area contributed by atoms with Crippen LogP contribution < -0.4 is 10.7 Å². The molecule has 62 heavy (non-hydrogen) atoms. The fraction of sp³-hybridized carbons (Fsp3) is 0.596. The Kier molecular flexibility index (Phi) is 13.2. The van der Waals surface area contributed by atoms with E-state index in [1.54, 1.807) is 20.4 Å². The number of hydrogen-bond acceptors (Lipinski definition) is 12. The van der Waals surface area contributed by atoms with Crippen LogP contribution in [0.15, 0.2) is 41.9 Å². The molecule has 15 heteroatoms. The van der Waals surface area contributed by atoms with E-state index in [2.05, 4.69) is 79.1 Å². The third-order valence-corrected chi connectivity index (χ3v) is 14.5. The van der Waals surface area contributed by atoms with Gasteiger partial charge in [0.15, 0.2) is 0 Å². The van der Waals surface area contributed by atoms with Gasteiger partial charge in [-0.2, -0.15) is 0 Å². The first kappa shape index (κ1) is 44.4. The maximum atomic E-state index is 14.9. The molecule has 6 heterocycles. The maximum absolute atomic E-state index is 14.9. The number of carbonyl (C=O) groups excluding carboxylic acids is 3. The van der Waals surface area contributed by atoms with Crippen LogP contribution in [0, 0.1) is 23.2 Å². The first-order chi connectivity index (χ1) is 29.8. The van der Waals surface area contributed by atoms with Crippen molar-refractivity contribution in [1.29, 1.82) is 0 Å². The topological polar surface area (TPSA) is 149 Å². The number of thiazole rings is 1. The number of aromatic nitrogens is 3. The Morgan fingerprint density at radius 3 is 2.66 bits per heavy atom. The Balaban J connectivity index is 1.25. The Hall–Kier alpha value is -4.25. The van der Waals surface area contributed by atoms with Crippen LogP contribution >= 0.6 is 11.3 Å². The van der Waals surface area contributed by atoms with Crippen LogP contribution in [-0.2, 0) is 46.3 Å². The fourth-order valence-corrected chi connectivity index (χ4v) is 10.6. The van der Waals surface area contributed by atoms with E-state index >= 15 is 0 Å². The van der Waals surface area contributed by atoms with E-state index in [1.165, 1.54) is 16.3 Å². The molecule has 2 amide bonds. The van der Waals surface area contributed by atoms with Crippen LogP contribution in [0.5, 0.6) is 0 Å². The van der Waals surface area contributed by atoms with Gasteiger partial charge in [0.25, 0.3) is 5.91 Å². The number of pyridine rings is 1. The summed E-state index contributed by atoms with van der Waals surface area (Å²) in [6.45, 7) is 16.4. The summed E-state index contributed by atoms with van der Waals surface area (Å²) in [4.78, 5) is 55.2. The molecule has 0 spiro atoms. The third-order valence-electron chi connectivity index (χ3n) is 13.6. The fourth-order valence-electron chi connectivity index (χ4n) is 9.65. The monoisotopic (exact) mass is 869 g/mol. The van der Waals surface area contributed by atoms with Crippen molar-refractivity contribution in [1.82, 2.24) is 35.2 Å². The molecule has 4 aliphatic rings. The average molecular weight is 870 g/mol. The molecule has 8 atom stereocenters. The summed E-state index contributed by atoms with van der Waals surface area (Å²) in [6.07, 6.45) is 3.45. The predicted molar refractivity (Wildman–Crippen MR) is 238 cm³/mol. The molecule has 4 aromatic rings. The summed E-state index contributed by atoms with van der Waals surface area (Å²) in [6, 6.07) is 8.69. The number of likely N-dealkylation sites (tertiary alicyclic amines) is 1. The van der Waals surface area contributed by atoms with Crippen molar-refractivity contribution in [2.24, 2.45) is 23.2 Å². The molecule has 3 aromatic heterocycles. The van der Waals surface area contributed by atoms with Crippen LogP contribution in [0.1, 0.15) is 89.3 Å². The van der Waals surface area contributed by atoms with E-state index in [1.807, 2.05) is 18.4 Å². The van der Waals surface area contributed by atoms with Crippen molar-refractivity contribution >= 4 is 40.0 Å². The molecule has 3 fully saturated rings. The molecular weight excluding hydrogens is 807 g/mol. The number of aryl methyl sites for hydroxylation is 1. The van der Waals surface area contributed by atoms with Gasteiger partial charge in [-0.1, -0.05) is 33.8 Å². The lowest BCUT2D eigenvalue weighted by Crippen LogP contribution is -2.61. The van der Waals surface area contributed by atoms with Gasteiger partial charge >= 0.3 is 5.97 Å². The van der Waals surface area contributed by atoms with Crippen molar-refractivity contribution in [2.45, 2.75) is 104 Å². The summed E-state index contributed by atoms with van der Waals surface area (Å²) in [5, 5.41) is 8.30. The van der Waals surface area contributed by atoms with E-state index in [-0.39, 0.29) is 48.4 Å². The van der Waals surface area contributed by atoms with Crippen molar-refractivity contribution in [2.75, 3.05) is 53.6 Å². The van der Waals surface area contributed by atoms with E-state index in [4.69, 9.17) is 28.9 Å². The molecule has 0 radical (unpaired) electrons. The number of hydrogen-bond donors (Lipinski definition) is 2. The van der Waals surface area contributed by atoms with Gasteiger partial charge in [-0.25, -0.2) is 10.4 Å². The average Bonchev–Trinajstić information content (AvgIpc) is 3.74. The lowest BCUT2D eigenvalue weighted by Gasteiger charge is -2.37. The minimum atomic E-state index is -1.11. The minimum Gasteiger partial charge on any atom is -0.464 e. The lowest BCUT2D eigenvalue weighted by molar-refractivity contribution is -0.157. The smallest absolute Gasteiger partial charge is 0.324 e. The highest BCUT2D eigenvalue weighted by molar-refractivity contribution is 7.10. The van der Waals surface area contributed by atoms with E-state index in [9.17, 15) is 14.4 Å². The summed E-state index contributed by atoms with van der Waals surface area (Å²) in [5.41, 5.74) is 9.49. The number of rotatable bonds is 11. The van der Waals surface area contributed by atoms with Crippen LogP contribution in [0.25, 0.3) is 33.4 Å². The molecule has 3 aliphatic heterocycles. The number of ether oxygens (including phenoxy) is 4. The van der Waals surface area contributed by atoms with Crippen molar-refractivity contribution in [3.05, 3.63) is 58.2 Å². The van der Waals surface area contributed by atoms with Gasteiger partial charge in [0, 0.05) is 91.9 Å². The molecular formula is C47H63N7O7S. The zero-order chi connectivity index (χ0) is 43.9. The largest absolute Gasteiger partial charge is 0.464 e. The zero-order valence-corrected chi connectivity index (χ0v) is 38.3. The maximum Gasteiger partial charge on any atom is 0.324 e. The summed E-state index contributed by atoms with van der Waals surface area (Å²) < 4.78 is 26.7. The summed E-state index contributed by atoms with van der Waals surface area (Å²) >= 11 is 1.42. The number of methoxy groups -OCH3 is 2. The number of benzene rings is 1. The number of nitrogens with zero attached hydrogens (tertiary/aromatic N) is 5. The highest BCUT2D eigenvalue weighted by Crippen LogP contribution is 2.46. The first-order valence-corrected chi connectivity index (χ1v) is 23.2. The van der Waals surface area contributed by atoms with Gasteiger partial charge in [0.1, 0.15) is 23.2 Å². The highest BCUT2D eigenvalue weighted by Gasteiger charge is 2.50. The molecule has 1 saturated carbocycles. The Morgan fingerprint density at radius 1 is 1.13 bits per heavy atom. The van der Waals surface area contributed by atoms with Gasteiger partial charge in [0.05, 0.1) is 42.5 Å². The predicted octanol–water partition coefficient (Wildman–Crippen LogP) is 6.34. The summed E-state index contributed by atoms with van der Waals surface area (Å²) in [5.74, 6) is -0.784. The van der Waals surface area contributed by atoms with E-state index in [0.717, 1.165) is 64.2 Å². The van der Waals surface area contributed by atoms with Crippen LogP contribution in [0.4, 0.5) is 0 Å². The van der Waals surface area contributed by atoms with Crippen molar-refractivity contribution in [3.63, 3.8) is 0 Å². The number of amides is 2. The van der Waals surface area contributed by atoms with Gasteiger partial charge in [-0.15, -0.1) is 11.3 Å². The molecule has 1 aliphatic carbocycles. The second-order valence-corrected chi connectivity index (χ2v) is 19.3. The number of carbonyl (C=O) groups is 3. The second-order valence-electron chi connectivity index (χ2n) is 18.4. The molecule has 14 nitrogen and oxygen atoms in total.